The van der Waals surface area contributed by atoms with Crippen molar-refractivity contribution in [1.29, 1.82) is 0 Å². The van der Waals surface area contributed by atoms with E-state index in [1.807, 2.05) is 18.2 Å². The molecule has 41 heavy (non-hydrogen) atoms. The Hall–Kier alpha value is -4.53. The predicted molar refractivity (Wildman–Crippen MR) is 154 cm³/mol. The van der Waals surface area contributed by atoms with Gasteiger partial charge in [-0.15, -0.1) is 0 Å². The summed E-state index contributed by atoms with van der Waals surface area (Å²) in [6.45, 7) is 0. The number of ketones is 1. The number of halogens is 3. The molecule has 5 rings (SSSR count). The lowest BCUT2D eigenvalue weighted by atomic mass is 9.94. The van der Waals surface area contributed by atoms with Gasteiger partial charge in [0.2, 0.25) is 0 Å². The Labute approximate surface area is 244 Å². The highest BCUT2D eigenvalue weighted by molar-refractivity contribution is 6.52. The average Bonchev–Trinajstić information content (AvgIpc) is 3.23. The van der Waals surface area contributed by atoms with Gasteiger partial charge in [0.1, 0.15) is 28.1 Å². The van der Waals surface area contributed by atoms with Gasteiger partial charge < -0.3 is 19.3 Å². The Bertz CT molecular complexity index is 1670. The monoisotopic (exact) mass is 593 g/mol. The van der Waals surface area contributed by atoms with Crippen molar-refractivity contribution >= 4 is 46.3 Å². The summed E-state index contributed by atoms with van der Waals surface area (Å²) >= 11 is 12.8. The van der Waals surface area contributed by atoms with Crippen molar-refractivity contribution in [2.75, 3.05) is 19.1 Å². The highest BCUT2D eigenvalue weighted by Crippen LogP contribution is 2.48. The second-order valence-corrected chi connectivity index (χ2v) is 9.70. The van der Waals surface area contributed by atoms with Crippen LogP contribution in [0.5, 0.6) is 23.0 Å². The quantitative estimate of drug-likeness (QED) is 0.135. The van der Waals surface area contributed by atoms with Gasteiger partial charge in [-0.2, -0.15) is 0 Å². The number of aliphatic hydroxyl groups is 1. The standard InChI is InChI=1S/C31H22Cl2FNO6/c1-39-29-22(16-23(32)30(40-2)25(29)33)27(36)24-26(35(31(38)28(24)37)19-13-11-18(34)12-14-19)17-7-6-10-21(15-17)41-20-8-4-3-5-9-20/h3-16,26,36H,1-2H3/b27-24+. The number of hydrogen-bond donors (Lipinski definition) is 1. The number of nitrogens with zero attached hydrogens (tertiary/aromatic N) is 1. The van der Waals surface area contributed by atoms with E-state index in [2.05, 4.69) is 0 Å². The molecular weight excluding hydrogens is 572 g/mol. The molecule has 1 aliphatic rings. The summed E-state index contributed by atoms with van der Waals surface area (Å²) in [5.41, 5.74) is 0.395. The minimum atomic E-state index is -1.14. The number of methoxy groups -OCH3 is 2. The third-order valence-electron chi connectivity index (χ3n) is 6.50. The molecule has 7 nitrogen and oxygen atoms in total. The molecular formula is C31H22Cl2FNO6. The second kappa shape index (κ2) is 11.5. The van der Waals surface area contributed by atoms with Gasteiger partial charge in [-0.1, -0.05) is 53.5 Å². The third kappa shape index (κ3) is 5.19. The fourth-order valence-corrected chi connectivity index (χ4v) is 5.37. The normalized spacial score (nSPS) is 16.1. The predicted octanol–water partition coefficient (Wildman–Crippen LogP) is 7.57. The average molecular weight is 594 g/mol. The van der Waals surface area contributed by atoms with Crippen LogP contribution >= 0.6 is 23.2 Å². The van der Waals surface area contributed by atoms with Crippen LogP contribution < -0.4 is 19.1 Å². The Balaban J connectivity index is 1.73. The molecule has 0 radical (unpaired) electrons. The number of benzene rings is 4. The summed E-state index contributed by atoms with van der Waals surface area (Å²) in [6.07, 6.45) is 0. The molecule has 208 valence electrons. The number of anilines is 1. The van der Waals surface area contributed by atoms with Gasteiger partial charge in [0.15, 0.2) is 11.5 Å². The molecule has 1 fully saturated rings. The van der Waals surface area contributed by atoms with Gasteiger partial charge >= 0.3 is 0 Å². The summed E-state index contributed by atoms with van der Waals surface area (Å²) in [5.74, 6) is -1.91. The van der Waals surface area contributed by atoms with Crippen molar-refractivity contribution in [2.24, 2.45) is 0 Å². The molecule has 0 saturated carbocycles. The largest absolute Gasteiger partial charge is 0.507 e. The van der Waals surface area contributed by atoms with Gasteiger partial charge in [0, 0.05) is 5.69 Å². The molecule has 0 aromatic heterocycles. The first-order valence-electron chi connectivity index (χ1n) is 12.2. The molecule has 0 spiro atoms. The Morgan fingerprint density at radius 1 is 0.854 bits per heavy atom. The van der Waals surface area contributed by atoms with E-state index in [1.54, 1.807) is 36.4 Å². The summed E-state index contributed by atoms with van der Waals surface area (Å²) in [4.78, 5) is 28.3. The minimum absolute atomic E-state index is 0.0155. The molecule has 1 atom stereocenters. The molecule has 0 aliphatic carbocycles. The van der Waals surface area contributed by atoms with E-state index in [9.17, 15) is 19.1 Å². The summed E-state index contributed by atoms with van der Waals surface area (Å²) in [6, 6.07) is 21.1. The first-order valence-corrected chi connectivity index (χ1v) is 13.0. The Kier molecular flexibility index (Phi) is 7.88. The number of ether oxygens (including phenoxy) is 3. The number of carbonyl (C=O) groups is 2. The van der Waals surface area contributed by atoms with Crippen LogP contribution in [0.4, 0.5) is 10.1 Å². The van der Waals surface area contributed by atoms with E-state index in [4.69, 9.17) is 37.4 Å². The van der Waals surface area contributed by atoms with Gasteiger partial charge in [-0.05, 0) is 60.2 Å². The zero-order valence-electron chi connectivity index (χ0n) is 21.7. The SMILES string of the molecule is COc1c(Cl)cc(/C(O)=C2\C(=O)C(=O)N(c3ccc(F)cc3)C2c2cccc(Oc3ccccc3)c2)c(OC)c1Cl. The van der Waals surface area contributed by atoms with Crippen molar-refractivity contribution < 1.29 is 33.3 Å². The maximum Gasteiger partial charge on any atom is 0.300 e. The first kappa shape index (κ1) is 28.0. The van der Waals surface area contributed by atoms with Crippen molar-refractivity contribution in [3.05, 3.63) is 117 Å². The smallest absolute Gasteiger partial charge is 0.300 e. The summed E-state index contributed by atoms with van der Waals surface area (Å²) < 4.78 is 30.4. The van der Waals surface area contributed by atoms with Gasteiger partial charge in [0.25, 0.3) is 11.7 Å². The van der Waals surface area contributed by atoms with Crippen molar-refractivity contribution in [3.63, 3.8) is 0 Å². The van der Waals surface area contributed by atoms with Crippen LogP contribution in [-0.2, 0) is 9.59 Å². The molecule has 10 heteroatoms. The summed E-state index contributed by atoms with van der Waals surface area (Å²) in [7, 11) is 2.69. The lowest BCUT2D eigenvalue weighted by Gasteiger charge is -2.26. The molecule has 1 amide bonds. The van der Waals surface area contributed by atoms with E-state index in [1.165, 1.54) is 49.5 Å². The Morgan fingerprint density at radius 2 is 1.51 bits per heavy atom. The van der Waals surface area contributed by atoms with Gasteiger partial charge in [-0.3, -0.25) is 14.5 Å². The lowest BCUT2D eigenvalue weighted by molar-refractivity contribution is -0.132. The third-order valence-corrected chi connectivity index (χ3v) is 7.12. The molecule has 1 unspecified atom stereocenters. The van der Waals surface area contributed by atoms with Gasteiger partial charge in [0.05, 0.1) is 36.4 Å². The topological polar surface area (TPSA) is 85.3 Å². The lowest BCUT2D eigenvalue weighted by Crippen LogP contribution is -2.29. The molecule has 4 aromatic carbocycles. The van der Waals surface area contributed by atoms with E-state index in [-0.39, 0.29) is 38.4 Å². The number of hydrogen-bond acceptors (Lipinski definition) is 6. The molecule has 4 aromatic rings. The summed E-state index contributed by atoms with van der Waals surface area (Å²) in [5, 5.41) is 11.6. The van der Waals surface area contributed by atoms with Crippen LogP contribution in [-0.4, -0.2) is 31.0 Å². The van der Waals surface area contributed by atoms with Crippen molar-refractivity contribution in [1.82, 2.24) is 0 Å². The zero-order valence-corrected chi connectivity index (χ0v) is 23.2. The van der Waals surface area contributed by atoms with Crippen molar-refractivity contribution in [2.45, 2.75) is 6.04 Å². The first-order chi connectivity index (χ1) is 19.7. The number of aliphatic hydroxyl groups excluding tert-OH is 1. The van der Waals surface area contributed by atoms with Crippen LogP contribution in [0, 0.1) is 5.82 Å². The van der Waals surface area contributed by atoms with E-state index < -0.39 is 29.3 Å². The second-order valence-electron chi connectivity index (χ2n) is 8.92. The number of amides is 1. The minimum Gasteiger partial charge on any atom is -0.507 e. The molecule has 1 aliphatic heterocycles. The number of rotatable bonds is 7. The van der Waals surface area contributed by atoms with Crippen LogP contribution in [0.15, 0.2) is 90.5 Å². The number of Topliss-reactive ketones (excluding diaryl/α,β-unsaturated/α-hetero) is 1. The highest BCUT2D eigenvalue weighted by atomic mass is 35.5. The molecule has 1 heterocycles. The maximum absolute atomic E-state index is 13.8. The molecule has 1 N–H and O–H groups in total. The van der Waals surface area contributed by atoms with E-state index >= 15 is 0 Å². The fourth-order valence-electron chi connectivity index (χ4n) is 4.68. The van der Waals surface area contributed by atoms with Gasteiger partial charge in [-0.25, -0.2) is 4.39 Å². The molecule has 0 bridgehead atoms. The highest BCUT2D eigenvalue weighted by Gasteiger charge is 2.47. The van der Waals surface area contributed by atoms with E-state index in [0.29, 0.717) is 17.1 Å². The van der Waals surface area contributed by atoms with Crippen molar-refractivity contribution in [3.8, 4) is 23.0 Å². The molecule has 1 saturated heterocycles. The van der Waals surface area contributed by atoms with Crippen LogP contribution in [0.1, 0.15) is 17.2 Å². The van der Waals surface area contributed by atoms with Crippen LogP contribution in [0.25, 0.3) is 5.76 Å². The maximum atomic E-state index is 13.8. The van der Waals surface area contributed by atoms with E-state index in [0.717, 1.165) is 0 Å². The number of carbonyl (C=O) groups excluding carboxylic acids is 2. The fraction of sp³-hybridized carbons (Fsp3) is 0.0968. The number of para-hydroxylation sites is 1. The van der Waals surface area contributed by atoms with Crippen LogP contribution in [0.3, 0.4) is 0 Å². The Morgan fingerprint density at radius 3 is 2.17 bits per heavy atom. The van der Waals surface area contributed by atoms with Crippen LogP contribution in [0.2, 0.25) is 10.0 Å². The zero-order chi connectivity index (χ0) is 29.3.